The number of aliphatic hydroxyl groups excluding tert-OH is 1. The van der Waals surface area contributed by atoms with E-state index in [1.807, 2.05) is 18.2 Å². The first-order valence-electron chi connectivity index (χ1n) is 8.40. The van der Waals surface area contributed by atoms with Gasteiger partial charge < -0.3 is 14.6 Å². The van der Waals surface area contributed by atoms with E-state index < -0.39 is 0 Å². The number of ether oxygens (including phenoxy) is 2. The maximum absolute atomic E-state index is 10.4. The van der Waals surface area contributed by atoms with Crippen LogP contribution in [0.5, 0.6) is 11.5 Å². The highest BCUT2D eigenvalue weighted by Gasteiger charge is 2.18. The summed E-state index contributed by atoms with van der Waals surface area (Å²) in [4.78, 5) is 0. The third-order valence-corrected chi connectivity index (χ3v) is 4.73. The largest absolute Gasteiger partial charge is 0.490 e. The number of benzene rings is 1. The van der Waals surface area contributed by atoms with E-state index in [-0.39, 0.29) is 6.10 Å². The van der Waals surface area contributed by atoms with Gasteiger partial charge in [-0.2, -0.15) is 0 Å². The monoisotopic (exact) mass is 290 g/mol. The van der Waals surface area contributed by atoms with E-state index in [2.05, 4.69) is 0 Å². The number of aliphatic hydroxyl groups is 1. The van der Waals surface area contributed by atoms with Crippen molar-refractivity contribution in [2.45, 2.75) is 57.5 Å². The van der Waals surface area contributed by atoms with Gasteiger partial charge in [0.25, 0.3) is 0 Å². The summed E-state index contributed by atoms with van der Waals surface area (Å²) in [5.41, 5.74) is 0.954. The van der Waals surface area contributed by atoms with Gasteiger partial charge in [-0.25, -0.2) is 0 Å². The van der Waals surface area contributed by atoms with Gasteiger partial charge in [-0.05, 0) is 36.5 Å². The summed E-state index contributed by atoms with van der Waals surface area (Å²) in [5.74, 6) is 2.39. The second kappa shape index (κ2) is 7.17. The topological polar surface area (TPSA) is 38.7 Å². The third-order valence-electron chi connectivity index (χ3n) is 4.73. The first-order valence-corrected chi connectivity index (χ1v) is 8.40. The molecule has 1 N–H and O–H groups in total. The van der Waals surface area contributed by atoms with Crippen LogP contribution in [0, 0.1) is 5.92 Å². The number of hydrogen-bond donors (Lipinski definition) is 1. The molecule has 1 aliphatic carbocycles. The highest BCUT2D eigenvalue weighted by atomic mass is 16.5. The van der Waals surface area contributed by atoms with Gasteiger partial charge in [-0.1, -0.05) is 38.2 Å². The molecule has 116 valence electrons. The molecule has 3 heteroatoms. The van der Waals surface area contributed by atoms with Crippen molar-refractivity contribution in [1.82, 2.24) is 0 Å². The van der Waals surface area contributed by atoms with E-state index in [1.54, 1.807) is 0 Å². The van der Waals surface area contributed by atoms with Crippen LogP contribution in [0.1, 0.15) is 63.0 Å². The van der Waals surface area contributed by atoms with E-state index in [9.17, 15) is 5.11 Å². The Bertz CT molecular complexity index is 452. The van der Waals surface area contributed by atoms with Crippen LogP contribution in [0.4, 0.5) is 0 Å². The lowest BCUT2D eigenvalue weighted by Crippen LogP contribution is -2.08. The number of fused-ring (bicyclic) bond motifs is 1. The fraction of sp³-hybridized carbons (Fsp3) is 0.667. The van der Waals surface area contributed by atoms with Crippen LogP contribution < -0.4 is 9.47 Å². The zero-order valence-electron chi connectivity index (χ0n) is 12.7. The van der Waals surface area contributed by atoms with Gasteiger partial charge in [-0.3, -0.25) is 0 Å². The van der Waals surface area contributed by atoms with Crippen molar-refractivity contribution >= 4 is 0 Å². The number of hydrogen-bond acceptors (Lipinski definition) is 3. The van der Waals surface area contributed by atoms with Gasteiger partial charge in [0, 0.05) is 6.42 Å². The Hall–Kier alpha value is -1.22. The van der Waals surface area contributed by atoms with Gasteiger partial charge >= 0.3 is 0 Å². The Morgan fingerprint density at radius 2 is 1.76 bits per heavy atom. The van der Waals surface area contributed by atoms with Crippen molar-refractivity contribution in [3.05, 3.63) is 23.8 Å². The van der Waals surface area contributed by atoms with Crippen molar-refractivity contribution in [2.75, 3.05) is 13.2 Å². The molecule has 21 heavy (non-hydrogen) atoms. The molecule has 1 aromatic rings. The zero-order valence-corrected chi connectivity index (χ0v) is 12.7. The lowest BCUT2D eigenvalue weighted by atomic mass is 9.85. The van der Waals surface area contributed by atoms with E-state index in [4.69, 9.17) is 9.47 Å². The Kier molecular flexibility index (Phi) is 5.02. The maximum Gasteiger partial charge on any atom is 0.161 e. The van der Waals surface area contributed by atoms with E-state index in [1.165, 1.54) is 32.1 Å². The molecule has 1 aliphatic heterocycles. The van der Waals surface area contributed by atoms with Crippen LogP contribution in [0.3, 0.4) is 0 Å². The highest BCUT2D eigenvalue weighted by molar-refractivity contribution is 5.44. The standard InChI is InChI=1S/C18H26O3/c19-16(9-7-14-5-2-1-3-6-14)15-8-10-17-18(13-15)21-12-4-11-20-17/h8,10,13-14,16,19H,1-7,9,11-12H2. The van der Waals surface area contributed by atoms with Crippen molar-refractivity contribution in [3.63, 3.8) is 0 Å². The Morgan fingerprint density at radius 1 is 1.00 bits per heavy atom. The Labute approximate surface area is 127 Å². The van der Waals surface area contributed by atoms with Crippen LogP contribution >= 0.6 is 0 Å². The minimum absolute atomic E-state index is 0.385. The van der Waals surface area contributed by atoms with E-state index in [0.29, 0.717) is 13.2 Å². The molecule has 1 heterocycles. The molecule has 0 amide bonds. The second-order valence-electron chi connectivity index (χ2n) is 6.35. The molecule has 1 unspecified atom stereocenters. The molecule has 1 fully saturated rings. The maximum atomic E-state index is 10.4. The number of rotatable bonds is 4. The van der Waals surface area contributed by atoms with Crippen LogP contribution in [-0.2, 0) is 0 Å². The molecule has 0 saturated heterocycles. The summed E-state index contributed by atoms with van der Waals surface area (Å²) in [6.45, 7) is 1.39. The van der Waals surface area contributed by atoms with Crippen molar-refractivity contribution < 1.29 is 14.6 Å². The molecule has 0 aromatic heterocycles. The molecule has 0 bridgehead atoms. The van der Waals surface area contributed by atoms with Crippen molar-refractivity contribution in [3.8, 4) is 11.5 Å². The predicted octanol–water partition coefficient (Wildman–Crippen LogP) is 4.24. The quantitative estimate of drug-likeness (QED) is 0.901. The fourth-order valence-corrected chi connectivity index (χ4v) is 3.42. The van der Waals surface area contributed by atoms with Gasteiger partial charge in [0.1, 0.15) is 0 Å². The van der Waals surface area contributed by atoms with Crippen molar-refractivity contribution in [1.29, 1.82) is 0 Å². The average molecular weight is 290 g/mol. The molecule has 1 aromatic carbocycles. The zero-order chi connectivity index (χ0) is 14.5. The average Bonchev–Trinajstić information content (AvgIpc) is 2.78. The third kappa shape index (κ3) is 3.91. The second-order valence-corrected chi connectivity index (χ2v) is 6.35. The highest BCUT2D eigenvalue weighted by Crippen LogP contribution is 2.35. The van der Waals surface area contributed by atoms with E-state index >= 15 is 0 Å². The van der Waals surface area contributed by atoms with Gasteiger partial charge in [-0.15, -0.1) is 0 Å². The summed E-state index contributed by atoms with van der Waals surface area (Å²) in [6.07, 6.45) is 9.32. The van der Waals surface area contributed by atoms with Gasteiger partial charge in [0.2, 0.25) is 0 Å². The summed E-state index contributed by atoms with van der Waals surface area (Å²) in [5, 5.41) is 10.4. The summed E-state index contributed by atoms with van der Waals surface area (Å²) >= 11 is 0. The van der Waals surface area contributed by atoms with Crippen LogP contribution in [0.2, 0.25) is 0 Å². The Morgan fingerprint density at radius 3 is 2.57 bits per heavy atom. The fourth-order valence-electron chi connectivity index (χ4n) is 3.42. The summed E-state index contributed by atoms with van der Waals surface area (Å²) in [6, 6.07) is 5.85. The van der Waals surface area contributed by atoms with Crippen LogP contribution in [0.25, 0.3) is 0 Å². The smallest absolute Gasteiger partial charge is 0.161 e. The lowest BCUT2D eigenvalue weighted by molar-refractivity contribution is 0.151. The molecular weight excluding hydrogens is 264 g/mol. The molecule has 0 spiro atoms. The summed E-state index contributed by atoms with van der Waals surface area (Å²) in [7, 11) is 0. The molecule has 1 saturated carbocycles. The predicted molar refractivity (Wildman–Crippen MR) is 82.8 cm³/mol. The van der Waals surface area contributed by atoms with E-state index in [0.717, 1.165) is 42.2 Å². The van der Waals surface area contributed by atoms with Gasteiger partial charge in [0.05, 0.1) is 19.3 Å². The first-order chi connectivity index (χ1) is 10.3. The first kappa shape index (κ1) is 14.7. The Balaban J connectivity index is 1.58. The lowest BCUT2D eigenvalue weighted by Gasteiger charge is -2.23. The SMILES string of the molecule is OC(CCC1CCCCC1)c1ccc2c(c1)OCCCO2. The molecule has 3 nitrogen and oxygen atoms in total. The molecular formula is C18H26O3. The van der Waals surface area contributed by atoms with Crippen LogP contribution in [-0.4, -0.2) is 18.3 Å². The molecule has 3 rings (SSSR count). The minimum atomic E-state index is -0.385. The molecule has 2 aliphatic rings. The van der Waals surface area contributed by atoms with Gasteiger partial charge in [0.15, 0.2) is 11.5 Å². The van der Waals surface area contributed by atoms with Crippen LogP contribution in [0.15, 0.2) is 18.2 Å². The summed E-state index contributed by atoms with van der Waals surface area (Å²) < 4.78 is 11.3. The minimum Gasteiger partial charge on any atom is -0.490 e. The molecule has 0 radical (unpaired) electrons. The normalized spacial score (nSPS) is 20.8. The molecule has 1 atom stereocenters. The van der Waals surface area contributed by atoms with Crippen molar-refractivity contribution in [2.24, 2.45) is 5.92 Å².